The topological polar surface area (TPSA) is 55.4 Å². The van der Waals surface area contributed by atoms with Crippen LogP contribution in [0.15, 0.2) is 17.5 Å². The molecule has 1 amide bonds. The second kappa shape index (κ2) is 6.51. The molecule has 0 saturated carbocycles. The first kappa shape index (κ1) is 13.9. The van der Waals surface area contributed by atoms with Crippen LogP contribution in [0.25, 0.3) is 0 Å². The number of Topliss-reactive ketones (excluding diaryl/α,β-unsaturated/α-hetero) is 1. The zero-order valence-electron chi connectivity index (χ0n) is 10.2. The molecular formula is C12H17NO3S. The maximum absolute atomic E-state index is 11.8. The van der Waals surface area contributed by atoms with Crippen molar-refractivity contribution in [3.63, 3.8) is 0 Å². The summed E-state index contributed by atoms with van der Waals surface area (Å²) in [6.45, 7) is 3.48. The summed E-state index contributed by atoms with van der Waals surface area (Å²) < 4.78 is 4.90. The second-order valence-corrected chi connectivity index (χ2v) is 4.84. The second-order valence-electron chi connectivity index (χ2n) is 3.89. The predicted octanol–water partition coefficient (Wildman–Crippen LogP) is 1.86. The van der Waals surface area contributed by atoms with E-state index in [1.165, 1.54) is 18.4 Å². The van der Waals surface area contributed by atoms with Gasteiger partial charge in [-0.25, -0.2) is 0 Å². The van der Waals surface area contributed by atoms with Gasteiger partial charge in [0, 0.05) is 19.6 Å². The summed E-state index contributed by atoms with van der Waals surface area (Å²) >= 11 is 1.42. The average Bonchev–Trinajstić information content (AvgIpc) is 2.80. The van der Waals surface area contributed by atoms with Crippen LogP contribution >= 0.6 is 11.3 Å². The predicted molar refractivity (Wildman–Crippen MR) is 67.3 cm³/mol. The molecule has 0 aliphatic carbocycles. The molecule has 0 spiro atoms. The SMILES string of the molecule is CO[C@@H](C)C(=O)N[C@H](C)CC(=O)c1cccs1. The third kappa shape index (κ3) is 4.28. The van der Waals surface area contributed by atoms with Gasteiger partial charge < -0.3 is 10.1 Å². The minimum Gasteiger partial charge on any atom is -0.372 e. The van der Waals surface area contributed by atoms with Gasteiger partial charge in [-0.05, 0) is 25.3 Å². The number of hydrogen-bond donors (Lipinski definition) is 1. The van der Waals surface area contributed by atoms with E-state index in [1.807, 2.05) is 18.4 Å². The molecule has 17 heavy (non-hydrogen) atoms. The molecule has 5 heteroatoms. The van der Waals surface area contributed by atoms with E-state index in [1.54, 1.807) is 13.0 Å². The number of ether oxygens (including phenoxy) is 1. The molecule has 1 aromatic rings. The normalized spacial score (nSPS) is 14.1. The molecule has 94 valence electrons. The first-order valence-electron chi connectivity index (χ1n) is 5.44. The van der Waals surface area contributed by atoms with Crippen LogP contribution < -0.4 is 5.32 Å². The Labute approximate surface area is 105 Å². The van der Waals surface area contributed by atoms with Gasteiger partial charge in [0.05, 0.1) is 4.88 Å². The zero-order chi connectivity index (χ0) is 12.8. The summed E-state index contributed by atoms with van der Waals surface area (Å²) in [6, 6.07) is 3.45. The monoisotopic (exact) mass is 255 g/mol. The summed E-state index contributed by atoms with van der Waals surface area (Å²) in [5, 5.41) is 4.61. The van der Waals surface area contributed by atoms with Gasteiger partial charge in [-0.2, -0.15) is 0 Å². The molecule has 0 fully saturated rings. The quantitative estimate of drug-likeness (QED) is 0.789. The molecule has 1 rings (SSSR count). The van der Waals surface area contributed by atoms with Crippen molar-refractivity contribution in [3.8, 4) is 0 Å². The Hall–Kier alpha value is -1.20. The highest BCUT2D eigenvalue weighted by Crippen LogP contribution is 2.12. The summed E-state index contributed by atoms with van der Waals surface area (Å²) in [6.07, 6.45) is -0.183. The van der Waals surface area contributed by atoms with Gasteiger partial charge in [-0.15, -0.1) is 11.3 Å². The summed E-state index contributed by atoms with van der Waals surface area (Å²) in [7, 11) is 1.48. The van der Waals surface area contributed by atoms with E-state index in [2.05, 4.69) is 5.32 Å². The minimum absolute atomic E-state index is 0.0536. The first-order chi connectivity index (χ1) is 8.04. The molecule has 2 atom stereocenters. The van der Waals surface area contributed by atoms with Crippen molar-refractivity contribution in [2.45, 2.75) is 32.4 Å². The van der Waals surface area contributed by atoms with Gasteiger partial charge in [0.2, 0.25) is 5.91 Å². The minimum atomic E-state index is -0.491. The van der Waals surface area contributed by atoms with Crippen LogP contribution in [0.1, 0.15) is 29.9 Å². The van der Waals surface area contributed by atoms with Gasteiger partial charge in [-0.1, -0.05) is 6.07 Å². The summed E-state index contributed by atoms with van der Waals surface area (Å²) in [5.74, 6) is -0.142. The number of rotatable bonds is 6. The van der Waals surface area contributed by atoms with Crippen LogP contribution in [-0.4, -0.2) is 30.9 Å². The van der Waals surface area contributed by atoms with E-state index in [9.17, 15) is 9.59 Å². The largest absolute Gasteiger partial charge is 0.372 e. The van der Waals surface area contributed by atoms with Gasteiger partial charge >= 0.3 is 0 Å². The molecule has 0 saturated heterocycles. The standard InChI is InChI=1S/C12H17NO3S/c1-8(13-12(15)9(2)16-3)7-10(14)11-5-4-6-17-11/h4-6,8-9H,7H2,1-3H3,(H,13,15)/t8-,9+/m1/s1. The third-order valence-corrected chi connectivity index (χ3v) is 3.31. The Morgan fingerprint density at radius 3 is 2.71 bits per heavy atom. The van der Waals surface area contributed by atoms with Crippen LogP contribution in [0.5, 0.6) is 0 Å². The number of ketones is 1. The average molecular weight is 255 g/mol. The molecular weight excluding hydrogens is 238 g/mol. The van der Waals surface area contributed by atoms with Crippen molar-refractivity contribution in [2.24, 2.45) is 0 Å². The molecule has 0 bridgehead atoms. The fourth-order valence-corrected chi connectivity index (χ4v) is 2.01. The number of carbonyl (C=O) groups excluding carboxylic acids is 2. The van der Waals surface area contributed by atoms with Crippen LogP contribution in [0.2, 0.25) is 0 Å². The van der Waals surface area contributed by atoms with Crippen LogP contribution in [-0.2, 0) is 9.53 Å². The number of hydrogen-bond acceptors (Lipinski definition) is 4. The highest BCUT2D eigenvalue weighted by Gasteiger charge is 2.17. The number of amides is 1. The fourth-order valence-electron chi connectivity index (χ4n) is 1.33. The molecule has 1 heterocycles. The van der Waals surface area contributed by atoms with Crippen molar-refractivity contribution in [3.05, 3.63) is 22.4 Å². The number of nitrogens with one attached hydrogen (secondary N) is 1. The van der Waals surface area contributed by atoms with Crippen molar-refractivity contribution in [2.75, 3.05) is 7.11 Å². The fraction of sp³-hybridized carbons (Fsp3) is 0.500. The summed E-state index contributed by atoms with van der Waals surface area (Å²) in [5.41, 5.74) is 0. The lowest BCUT2D eigenvalue weighted by Gasteiger charge is -2.15. The van der Waals surface area contributed by atoms with Crippen molar-refractivity contribution < 1.29 is 14.3 Å². The first-order valence-corrected chi connectivity index (χ1v) is 6.32. The molecule has 0 aromatic carbocycles. The molecule has 0 aliphatic rings. The van der Waals surface area contributed by atoms with Crippen molar-refractivity contribution in [1.82, 2.24) is 5.32 Å². The highest BCUT2D eigenvalue weighted by atomic mass is 32.1. The van der Waals surface area contributed by atoms with E-state index in [0.717, 1.165) is 4.88 Å². The molecule has 0 radical (unpaired) electrons. The number of methoxy groups -OCH3 is 1. The van der Waals surface area contributed by atoms with Crippen molar-refractivity contribution >= 4 is 23.0 Å². The Morgan fingerprint density at radius 2 is 2.18 bits per heavy atom. The lowest BCUT2D eigenvalue weighted by Crippen LogP contribution is -2.40. The smallest absolute Gasteiger partial charge is 0.249 e. The molecule has 1 aromatic heterocycles. The number of thiophene rings is 1. The van der Waals surface area contributed by atoms with E-state index >= 15 is 0 Å². The van der Waals surface area contributed by atoms with Gasteiger partial charge in [-0.3, -0.25) is 9.59 Å². The molecule has 0 aliphatic heterocycles. The van der Waals surface area contributed by atoms with Gasteiger partial charge in [0.15, 0.2) is 5.78 Å². The van der Waals surface area contributed by atoms with Gasteiger partial charge in [0.25, 0.3) is 0 Å². The highest BCUT2D eigenvalue weighted by molar-refractivity contribution is 7.12. The lowest BCUT2D eigenvalue weighted by molar-refractivity contribution is -0.130. The Morgan fingerprint density at radius 1 is 1.47 bits per heavy atom. The maximum Gasteiger partial charge on any atom is 0.249 e. The molecule has 4 nitrogen and oxygen atoms in total. The van der Waals surface area contributed by atoms with Crippen LogP contribution in [0.4, 0.5) is 0 Å². The van der Waals surface area contributed by atoms with Crippen molar-refractivity contribution in [1.29, 1.82) is 0 Å². The molecule has 1 N–H and O–H groups in total. The van der Waals surface area contributed by atoms with Gasteiger partial charge in [0.1, 0.15) is 6.10 Å². The van der Waals surface area contributed by atoms with Crippen LogP contribution in [0, 0.1) is 0 Å². The van der Waals surface area contributed by atoms with E-state index < -0.39 is 6.10 Å². The Kier molecular flexibility index (Phi) is 5.31. The lowest BCUT2D eigenvalue weighted by atomic mass is 10.1. The summed E-state index contributed by atoms with van der Waals surface area (Å²) in [4.78, 5) is 24.0. The van der Waals surface area contributed by atoms with E-state index in [0.29, 0.717) is 6.42 Å². The number of carbonyl (C=O) groups is 2. The zero-order valence-corrected chi connectivity index (χ0v) is 11.0. The van der Waals surface area contributed by atoms with E-state index in [-0.39, 0.29) is 17.7 Å². The van der Waals surface area contributed by atoms with E-state index in [4.69, 9.17) is 4.74 Å². The Balaban J connectivity index is 2.42. The Bertz CT molecular complexity index is 375. The van der Waals surface area contributed by atoms with Crippen LogP contribution in [0.3, 0.4) is 0 Å². The maximum atomic E-state index is 11.8. The third-order valence-electron chi connectivity index (χ3n) is 2.40. The molecule has 0 unspecified atom stereocenters.